The van der Waals surface area contributed by atoms with Crippen molar-refractivity contribution in [3.05, 3.63) is 157 Å². The van der Waals surface area contributed by atoms with Crippen LogP contribution in [0, 0.1) is 0 Å². The molecule has 0 N–H and O–H groups in total. The highest BCUT2D eigenvalue weighted by molar-refractivity contribution is 6.24. The van der Waals surface area contributed by atoms with Gasteiger partial charge in [-0.25, -0.2) is 0 Å². The monoisotopic (exact) mass is 546 g/mol. The predicted octanol–water partition coefficient (Wildman–Crippen LogP) is 11.9. The minimum atomic E-state index is -0.0712. The SMILES string of the molecule is CC1(C)c2ccccc2-c2cccc3c(-c4cccc5c(-c6ccccc6)c6c(ccc7ccccc76)cc45)ccc1c23. The van der Waals surface area contributed by atoms with Crippen LogP contribution in [0.1, 0.15) is 25.0 Å². The summed E-state index contributed by atoms with van der Waals surface area (Å²) in [4.78, 5) is 0. The van der Waals surface area contributed by atoms with Gasteiger partial charge in [0.25, 0.3) is 0 Å². The van der Waals surface area contributed by atoms with Crippen LogP contribution in [0.4, 0.5) is 0 Å². The van der Waals surface area contributed by atoms with Gasteiger partial charge in [-0.15, -0.1) is 0 Å². The van der Waals surface area contributed by atoms with Crippen LogP contribution in [0.25, 0.3) is 76.5 Å². The Morgan fingerprint density at radius 3 is 1.91 bits per heavy atom. The number of hydrogen-bond acceptors (Lipinski definition) is 0. The number of hydrogen-bond donors (Lipinski definition) is 0. The number of rotatable bonds is 2. The van der Waals surface area contributed by atoms with Crippen LogP contribution in [0.2, 0.25) is 0 Å². The third-order valence-electron chi connectivity index (χ3n) is 9.84. The molecule has 202 valence electrons. The Morgan fingerprint density at radius 2 is 1.02 bits per heavy atom. The van der Waals surface area contributed by atoms with E-state index in [0.29, 0.717) is 0 Å². The van der Waals surface area contributed by atoms with Crippen molar-refractivity contribution in [1.29, 1.82) is 0 Å². The average molecular weight is 547 g/mol. The summed E-state index contributed by atoms with van der Waals surface area (Å²) in [5, 5.41) is 10.5. The Balaban J connectivity index is 1.42. The molecular formula is C43H30. The Hall–Kier alpha value is -5.20. The number of fused-ring (bicyclic) bond motifs is 6. The molecule has 8 aromatic rings. The van der Waals surface area contributed by atoms with Crippen molar-refractivity contribution in [2.75, 3.05) is 0 Å². The van der Waals surface area contributed by atoms with Crippen LogP contribution in [0.3, 0.4) is 0 Å². The van der Waals surface area contributed by atoms with Crippen molar-refractivity contribution in [3.63, 3.8) is 0 Å². The molecule has 0 saturated carbocycles. The third-order valence-corrected chi connectivity index (χ3v) is 9.84. The Kier molecular flexibility index (Phi) is 5.05. The first-order chi connectivity index (χ1) is 21.1. The molecule has 0 unspecified atom stereocenters. The fourth-order valence-corrected chi connectivity index (χ4v) is 7.85. The molecular weight excluding hydrogens is 516 g/mol. The van der Waals surface area contributed by atoms with Crippen LogP contribution in [-0.4, -0.2) is 0 Å². The molecule has 0 saturated heterocycles. The fraction of sp³-hybridized carbons (Fsp3) is 0.0698. The molecule has 0 nitrogen and oxygen atoms in total. The number of benzene rings is 8. The van der Waals surface area contributed by atoms with Crippen molar-refractivity contribution in [3.8, 4) is 33.4 Å². The molecule has 8 aromatic carbocycles. The first-order valence-electron chi connectivity index (χ1n) is 15.2. The summed E-state index contributed by atoms with van der Waals surface area (Å²) in [6.07, 6.45) is 0. The second-order valence-electron chi connectivity index (χ2n) is 12.5. The van der Waals surface area contributed by atoms with Gasteiger partial charge in [-0.2, -0.15) is 0 Å². The molecule has 43 heavy (non-hydrogen) atoms. The molecule has 0 radical (unpaired) electrons. The van der Waals surface area contributed by atoms with Crippen molar-refractivity contribution in [2.24, 2.45) is 0 Å². The van der Waals surface area contributed by atoms with Crippen molar-refractivity contribution < 1.29 is 0 Å². The zero-order chi connectivity index (χ0) is 28.7. The summed E-state index contributed by atoms with van der Waals surface area (Å²) in [6.45, 7) is 4.74. The Morgan fingerprint density at radius 1 is 0.372 bits per heavy atom. The van der Waals surface area contributed by atoms with Gasteiger partial charge in [-0.3, -0.25) is 0 Å². The summed E-state index contributed by atoms with van der Waals surface area (Å²) in [6, 6.07) is 54.1. The summed E-state index contributed by atoms with van der Waals surface area (Å²) in [5.74, 6) is 0. The summed E-state index contributed by atoms with van der Waals surface area (Å²) < 4.78 is 0. The topological polar surface area (TPSA) is 0 Å². The van der Waals surface area contributed by atoms with E-state index >= 15 is 0 Å². The summed E-state index contributed by atoms with van der Waals surface area (Å²) >= 11 is 0. The quantitative estimate of drug-likeness (QED) is 0.149. The first-order valence-corrected chi connectivity index (χ1v) is 15.2. The second kappa shape index (κ2) is 8.90. The van der Waals surface area contributed by atoms with Crippen LogP contribution in [-0.2, 0) is 5.41 Å². The highest BCUT2D eigenvalue weighted by atomic mass is 14.4. The van der Waals surface area contributed by atoms with Crippen LogP contribution in [0.15, 0.2) is 146 Å². The van der Waals surface area contributed by atoms with E-state index in [4.69, 9.17) is 0 Å². The van der Waals surface area contributed by atoms with Gasteiger partial charge >= 0.3 is 0 Å². The van der Waals surface area contributed by atoms with Crippen LogP contribution >= 0.6 is 0 Å². The molecule has 0 atom stereocenters. The van der Waals surface area contributed by atoms with Gasteiger partial charge in [0.15, 0.2) is 0 Å². The van der Waals surface area contributed by atoms with E-state index in [1.807, 2.05) is 0 Å². The first kappa shape index (κ1) is 24.4. The lowest BCUT2D eigenvalue weighted by atomic mass is 9.68. The zero-order valence-corrected chi connectivity index (χ0v) is 24.4. The molecule has 0 spiro atoms. The summed E-state index contributed by atoms with van der Waals surface area (Å²) in [7, 11) is 0. The van der Waals surface area contributed by atoms with E-state index < -0.39 is 0 Å². The van der Waals surface area contributed by atoms with Gasteiger partial charge in [0.05, 0.1) is 0 Å². The molecule has 0 heterocycles. The second-order valence-corrected chi connectivity index (χ2v) is 12.5. The average Bonchev–Trinajstić information content (AvgIpc) is 3.06. The van der Waals surface area contributed by atoms with E-state index in [0.717, 1.165) is 0 Å². The lowest BCUT2D eigenvalue weighted by Gasteiger charge is -2.35. The summed E-state index contributed by atoms with van der Waals surface area (Å²) in [5.41, 5.74) is 10.6. The predicted molar refractivity (Wildman–Crippen MR) is 185 cm³/mol. The largest absolute Gasteiger partial charge is 0.0622 e. The van der Waals surface area contributed by atoms with E-state index in [9.17, 15) is 0 Å². The van der Waals surface area contributed by atoms with Crippen LogP contribution in [0.5, 0.6) is 0 Å². The molecule has 0 fully saturated rings. The van der Waals surface area contributed by atoms with Crippen molar-refractivity contribution in [1.82, 2.24) is 0 Å². The van der Waals surface area contributed by atoms with Crippen LogP contribution < -0.4 is 0 Å². The maximum atomic E-state index is 2.42. The van der Waals surface area contributed by atoms with E-state index in [2.05, 4.69) is 159 Å². The Labute approximate surface area is 251 Å². The molecule has 9 rings (SSSR count). The van der Waals surface area contributed by atoms with Crippen molar-refractivity contribution >= 4 is 43.1 Å². The highest BCUT2D eigenvalue weighted by Gasteiger charge is 2.33. The Bertz CT molecular complexity index is 2410. The fourth-order valence-electron chi connectivity index (χ4n) is 7.85. The van der Waals surface area contributed by atoms with E-state index in [-0.39, 0.29) is 5.41 Å². The van der Waals surface area contributed by atoms with Crippen molar-refractivity contribution in [2.45, 2.75) is 19.3 Å². The molecule has 1 aliphatic rings. The minimum Gasteiger partial charge on any atom is -0.0622 e. The highest BCUT2D eigenvalue weighted by Crippen LogP contribution is 2.51. The van der Waals surface area contributed by atoms with Gasteiger partial charge in [-0.1, -0.05) is 153 Å². The molecule has 0 bridgehead atoms. The smallest absolute Gasteiger partial charge is 0.0159 e. The van der Waals surface area contributed by atoms with Gasteiger partial charge < -0.3 is 0 Å². The van der Waals surface area contributed by atoms with E-state index in [1.54, 1.807) is 0 Å². The standard InChI is InChI=1S/C43H30/c1-43(2)38-21-9-8-16-33(38)35-19-11-18-34-32(24-25-39(43)42(34)35)31-17-10-20-36-37(31)26-29-23-22-27-12-6-7-15-30(27)41(29)40(36)28-13-4-3-5-14-28/h3-26H,1-2H3. The molecule has 0 heteroatoms. The van der Waals surface area contributed by atoms with Gasteiger partial charge in [0.2, 0.25) is 0 Å². The molecule has 0 aromatic heterocycles. The zero-order valence-electron chi connectivity index (χ0n) is 24.4. The third kappa shape index (κ3) is 3.38. The molecule has 0 amide bonds. The maximum absolute atomic E-state index is 2.42. The van der Waals surface area contributed by atoms with Gasteiger partial charge in [0, 0.05) is 5.41 Å². The molecule has 0 aliphatic heterocycles. The van der Waals surface area contributed by atoms with Gasteiger partial charge in [0.1, 0.15) is 0 Å². The minimum absolute atomic E-state index is 0.0712. The normalized spacial score (nSPS) is 13.5. The maximum Gasteiger partial charge on any atom is 0.0159 e. The molecule has 1 aliphatic carbocycles. The lowest BCUT2D eigenvalue weighted by molar-refractivity contribution is 0.645. The van der Waals surface area contributed by atoms with Gasteiger partial charge in [-0.05, 0) is 93.7 Å². The van der Waals surface area contributed by atoms with E-state index in [1.165, 1.54) is 87.6 Å². The lowest BCUT2D eigenvalue weighted by Crippen LogP contribution is -2.23.